The van der Waals surface area contributed by atoms with Crippen LogP contribution < -0.4 is 5.73 Å². The van der Waals surface area contributed by atoms with Gasteiger partial charge in [-0.3, -0.25) is 14.7 Å². The topological polar surface area (TPSA) is 108 Å². The molecule has 0 spiro atoms. The Labute approximate surface area is 118 Å². The number of amidine groups is 1. The van der Waals surface area contributed by atoms with Crippen LogP contribution in [0.1, 0.15) is 13.3 Å². The highest BCUT2D eigenvalue weighted by atomic mass is 31.2. The molecule has 20 heavy (non-hydrogen) atoms. The van der Waals surface area contributed by atoms with E-state index in [2.05, 4.69) is 4.99 Å². The maximum atomic E-state index is 13.8. The molecule has 9 heteroatoms. The standard InChI is InChI=1S/C11H19FN3O4P/c1-3-10(19-8-20(17)18)9(12)6-15(7-16)5-4-11(13)14-2/h4-7,10,17-18H,3,8H2,1-2H3,(H2,13,14)/b5-4-,9-6+. The predicted molar refractivity (Wildman–Crippen MR) is 75.2 cm³/mol. The summed E-state index contributed by atoms with van der Waals surface area (Å²) in [6, 6.07) is 0. The number of aliphatic imine (C=N–C) groups is 1. The van der Waals surface area contributed by atoms with Crippen LogP contribution in [0.25, 0.3) is 0 Å². The molecule has 0 aromatic carbocycles. The predicted octanol–water partition coefficient (Wildman–Crippen LogP) is 0.806. The Morgan fingerprint density at radius 1 is 1.60 bits per heavy atom. The van der Waals surface area contributed by atoms with Gasteiger partial charge in [0.2, 0.25) is 6.41 Å². The lowest BCUT2D eigenvalue weighted by Gasteiger charge is -2.16. The number of carbonyl (C=O) groups excluding carboxylic acids is 1. The molecule has 0 saturated heterocycles. The minimum Gasteiger partial charge on any atom is -0.384 e. The maximum Gasteiger partial charge on any atom is 0.217 e. The van der Waals surface area contributed by atoms with Gasteiger partial charge in [-0.2, -0.15) is 0 Å². The summed E-state index contributed by atoms with van der Waals surface area (Å²) in [5.41, 5.74) is 5.40. The summed E-state index contributed by atoms with van der Waals surface area (Å²) in [7, 11) is -0.774. The van der Waals surface area contributed by atoms with E-state index >= 15 is 0 Å². The fourth-order valence-electron chi connectivity index (χ4n) is 1.12. The Bertz CT molecular complexity index is 388. The van der Waals surface area contributed by atoms with Gasteiger partial charge in [0.1, 0.15) is 24.1 Å². The number of rotatable bonds is 9. The first-order valence-corrected chi connectivity index (χ1v) is 7.15. The molecule has 0 aliphatic heterocycles. The van der Waals surface area contributed by atoms with E-state index in [9.17, 15) is 9.18 Å². The van der Waals surface area contributed by atoms with E-state index in [4.69, 9.17) is 20.3 Å². The fourth-order valence-corrected chi connectivity index (χ4v) is 1.43. The van der Waals surface area contributed by atoms with Gasteiger partial charge >= 0.3 is 0 Å². The maximum absolute atomic E-state index is 13.8. The molecule has 0 radical (unpaired) electrons. The van der Waals surface area contributed by atoms with Crippen molar-refractivity contribution in [3.05, 3.63) is 24.3 Å². The van der Waals surface area contributed by atoms with E-state index < -0.39 is 20.3 Å². The Morgan fingerprint density at radius 3 is 2.70 bits per heavy atom. The van der Waals surface area contributed by atoms with Gasteiger partial charge in [-0.05, 0) is 12.5 Å². The quantitative estimate of drug-likeness (QED) is 0.253. The van der Waals surface area contributed by atoms with Crippen molar-refractivity contribution in [2.45, 2.75) is 19.4 Å². The highest BCUT2D eigenvalue weighted by Gasteiger charge is 2.15. The second kappa shape index (κ2) is 10.4. The van der Waals surface area contributed by atoms with Crippen LogP contribution >= 0.6 is 8.38 Å². The number of hydrogen-bond donors (Lipinski definition) is 3. The normalized spacial score (nSPS) is 14.9. The highest BCUT2D eigenvalue weighted by molar-refractivity contribution is 7.44. The van der Waals surface area contributed by atoms with Crippen LogP contribution in [-0.2, 0) is 9.53 Å². The van der Waals surface area contributed by atoms with Crippen molar-refractivity contribution in [2.75, 3.05) is 13.4 Å². The summed E-state index contributed by atoms with van der Waals surface area (Å²) in [6.45, 7) is 1.66. The number of hydrogen-bond acceptors (Lipinski definition) is 5. The molecule has 0 heterocycles. The summed E-state index contributed by atoms with van der Waals surface area (Å²) < 4.78 is 18.8. The van der Waals surface area contributed by atoms with Crippen LogP contribution in [0.4, 0.5) is 4.39 Å². The molecule has 0 bridgehead atoms. The average molecular weight is 307 g/mol. The molecular weight excluding hydrogens is 288 g/mol. The number of nitrogens with zero attached hydrogens (tertiary/aromatic N) is 2. The molecule has 0 aliphatic rings. The van der Waals surface area contributed by atoms with Crippen molar-refractivity contribution < 1.29 is 23.7 Å². The first kappa shape index (κ1) is 18.7. The molecule has 1 atom stereocenters. The van der Waals surface area contributed by atoms with E-state index in [0.29, 0.717) is 6.41 Å². The van der Waals surface area contributed by atoms with Gasteiger partial charge in [0, 0.05) is 19.4 Å². The summed E-state index contributed by atoms with van der Waals surface area (Å²) in [5.74, 6) is -0.534. The molecule has 0 aliphatic carbocycles. The van der Waals surface area contributed by atoms with E-state index in [1.807, 2.05) is 0 Å². The fraction of sp³-hybridized carbons (Fsp3) is 0.455. The van der Waals surface area contributed by atoms with Crippen LogP contribution in [0.15, 0.2) is 29.3 Å². The number of nitrogens with two attached hydrogens (primary N) is 1. The monoisotopic (exact) mass is 307 g/mol. The van der Waals surface area contributed by atoms with Crippen LogP contribution in [0.5, 0.6) is 0 Å². The third kappa shape index (κ3) is 7.96. The molecule has 0 saturated carbocycles. The molecule has 0 fully saturated rings. The lowest BCUT2D eigenvalue weighted by Crippen LogP contribution is -2.17. The molecule has 4 N–H and O–H groups in total. The Morgan fingerprint density at radius 2 is 2.25 bits per heavy atom. The van der Waals surface area contributed by atoms with E-state index in [0.717, 1.165) is 11.1 Å². The summed E-state index contributed by atoms with van der Waals surface area (Å²) >= 11 is 0. The lowest BCUT2D eigenvalue weighted by atomic mass is 10.2. The summed E-state index contributed by atoms with van der Waals surface area (Å²) in [6.07, 6.45) is 2.86. The van der Waals surface area contributed by atoms with E-state index in [1.54, 1.807) is 6.92 Å². The van der Waals surface area contributed by atoms with Crippen molar-refractivity contribution in [1.82, 2.24) is 4.90 Å². The van der Waals surface area contributed by atoms with Gasteiger partial charge in [-0.25, -0.2) is 4.39 Å². The SMILES string of the molecule is CCC(OCP(O)O)/C(F)=C\N(C=O)/C=C\C(N)=N/C. The summed E-state index contributed by atoms with van der Waals surface area (Å²) in [4.78, 5) is 32.8. The second-order valence-electron chi connectivity index (χ2n) is 3.60. The van der Waals surface area contributed by atoms with Gasteiger partial charge < -0.3 is 20.3 Å². The zero-order valence-electron chi connectivity index (χ0n) is 11.3. The van der Waals surface area contributed by atoms with Crippen molar-refractivity contribution in [3.8, 4) is 0 Å². The largest absolute Gasteiger partial charge is 0.384 e. The minimum absolute atomic E-state index is 0.181. The number of amides is 1. The van der Waals surface area contributed by atoms with Crippen molar-refractivity contribution >= 4 is 20.6 Å². The first-order valence-electron chi connectivity index (χ1n) is 5.71. The van der Waals surface area contributed by atoms with E-state index in [-0.39, 0.29) is 18.6 Å². The number of ether oxygens (including phenoxy) is 1. The molecule has 0 aromatic rings. The Kier molecular flexibility index (Phi) is 9.75. The van der Waals surface area contributed by atoms with E-state index in [1.165, 1.54) is 19.3 Å². The Hall–Kier alpha value is -1.34. The molecular formula is C11H19FN3O4P. The van der Waals surface area contributed by atoms with Gasteiger partial charge in [-0.1, -0.05) is 6.92 Å². The first-order chi connectivity index (χ1) is 9.44. The van der Waals surface area contributed by atoms with Crippen LogP contribution in [0, 0.1) is 0 Å². The van der Waals surface area contributed by atoms with Gasteiger partial charge in [0.05, 0.1) is 0 Å². The van der Waals surface area contributed by atoms with Crippen LogP contribution in [0.3, 0.4) is 0 Å². The van der Waals surface area contributed by atoms with Crippen molar-refractivity contribution in [1.29, 1.82) is 0 Å². The van der Waals surface area contributed by atoms with Gasteiger partial charge in [0.25, 0.3) is 0 Å². The van der Waals surface area contributed by atoms with Gasteiger partial charge in [0.15, 0.2) is 8.38 Å². The molecule has 1 unspecified atom stereocenters. The Balaban J connectivity index is 4.77. The van der Waals surface area contributed by atoms with Crippen LogP contribution in [-0.4, -0.2) is 46.4 Å². The molecule has 1 amide bonds. The lowest BCUT2D eigenvalue weighted by molar-refractivity contribution is -0.114. The number of carbonyl (C=O) groups is 1. The second-order valence-corrected chi connectivity index (χ2v) is 4.60. The minimum atomic E-state index is -2.25. The summed E-state index contributed by atoms with van der Waals surface area (Å²) in [5, 5.41) is 0. The molecule has 7 nitrogen and oxygen atoms in total. The van der Waals surface area contributed by atoms with Crippen LogP contribution in [0.2, 0.25) is 0 Å². The molecule has 0 rings (SSSR count). The van der Waals surface area contributed by atoms with Crippen molar-refractivity contribution in [3.63, 3.8) is 0 Å². The number of halogens is 1. The van der Waals surface area contributed by atoms with Gasteiger partial charge in [-0.15, -0.1) is 0 Å². The zero-order chi connectivity index (χ0) is 15.5. The highest BCUT2D eigenvalue weighted by Crippen LogP contribution is 2.25. The third-order valence-electron chi connectivity index (χ3n) is 2.14. The third-order valence-corrected chi connectivity index (χ3v) is 2.52. The zero-order valence-corrected chi connectivity index (χ0v) is 12.2. The molecule has 114 valence electrons. The van der Waals surface area contributed by atoms with Crippen molar-refractivity contribution in [2.24, 2.45) is 10.7 Å². The smallest absolute Gasteiger partial charge is 0.217 e. The molecule has 0 aromatic heterocycles. The average Bonchev–Trinajstić information content (AvgIpc) is 2.43.